The highest BCUT2D eigenvalue weighted by molar-refractivity contribution is 5.94. The van der Waals surface area contributed by atoms with E-state index < -0.39 is 0 Å². The van der Waals surface area contributed by atoms with Crippen molar-refractivity contribution in [2.45, 2.75) is 46.0 Å². The van der Waals surface area contributed by atoms with Crippen LogP contribution in [0.5, 0.6) is 0 Å². The molecule has 4 heteroatoms. The molecule has 0 bridgehead atoms. The van der Waals surface area contributed by atoms with E-state index in [1.807, 2.05) is 20.0 Å². The van der Waals surface area contributed by atoms with Crippen molar-refractivity contribution in [2.75, 3.05) is 18.9 Å². The number of nitrogens with one attached hydrogen (secondary N) is 2. The first-order valence-corrected chi connectivity index (χ1v) is 7.18. The van der Waals surface area contributed by atoms with Gasteiger partial charge >= 0.3 is 0 Å². The average Bonchev–Trinajstić information content (AvgIpc) is 2.46. The van der Waals surface area contributed by atoms with Crippen molar-refractivity contribution in [1.82, 2.24) is 10.3 Å². The van der Waals surface area contributed by atoms with Crippen molar-refractivity contribution in [1.29, 1.82) is 0 Å². The molecule has 0 aliphatic carbocycles. The molecule has 19 heavy (non-hydrogen) atoms. The number of aryl methyl sites for hydroxylation is 1. The van der Waals surface area contributed by atoms with Crippen LogP contribution in [0.1, 0.15) is 55.6 Å². The number of hydrogen-bond acceptors (Lipinski definition) is 3. The third-order valence-corrected chi connectivity index (χ3v) is 3.07. The van der Waals surface area contributed by atoms with Gasteiger partial charge in [-0.3, -0.25) is 4.79 Å². The van der Waals surface area contributed by atoms with Gasteiger partial charge in [-0.15, -0.1) is 0 Å². The number of nitrogens with zero attached hydrogens (tertiary/aromatic N) is 1. The summed E-state index contributed by atoms with van der Waals surface area (Å²) < 4.78 is 0. The Morgan fingerprint density at radius 3 is 2.63 bits per heavy atom. The lowest BCUT2D eigenvalue weighted by Gasteiger charge is -2.08. The Balaban J connectivity index is 2.55. The summed E-state index contributed by atoms with van der Waals surface area (Å²) in [5.74, 6) is 0.737. The van der Waals surface area contributed by atoms with E-state index in [1.165, 1.54) is 19.3 Å². The van der Waals surface area contributed by atoms with Crippen molar-refractivity contribution < 1.29 is 4.79 Å². The molecule has 0 spiro atoms. The number of unbranched alkanes of at least 4 members (excludes halogenated alkanes) is 3. The van der Waals surface area contributed by atoms with Crippen LogP contribution < -0.4 is 10.6 Å². The zero-order chi connectivity index (χ0) is 14.1. The normalized spacial score (nSPS) is 10.3. The van der Waals surface area contributed by atoms with Crippen molar-refractivity contribution in [2.24, 2.45) is 0 Å². The Labute approximate surface area is 116 Å². The number of anilines is 1. The van der Waals surface area contributed by atoms with Crippen molar-refractivity contribution >= 4 is 11.7 Å². The van der Waals surface area contributed by atoms with E-state index in [-0.39, 0.29) is 5.91 Å². The number of amides is 1. The van der Waals surface area contributed by atoms with Crippen LogP contribution in [0.2, 0.25) is 0 Å². The van der Waals surface area contributed by atoms with Gasteiger partial charge < -0.3 is 10.6 Å². The maximum atomic E-state index is 12.0. The van der Waals surface area contributed by atoms with Crippen LogP contribution in [0.15, 0.2) is 12.1 Å². The smallest absolute Gasteiger partial charge is 0.251 e. The molecule has 0 aliphatic heterocycles. The fourth-order valence-corrected chi connectivity index (χ4v) is 1.88. The standard InChI is InChI=1S/C15H25N3O/c1-4-6-7-8-9-17-15(19)12-10-13(5-2)18-14(11-12)16-3/h10-11H,4-9H2,1-3H3,(H,16,18)(H,17,19). The zero-order valence-electron chi connectivity index (χ0n) is 12.3. The number of carbonyl (C=O) groups is 1. The molecule has 1 aromatic rings. The highest BCUT2D eigenvalue weighted by Gasteiger charge is 2.08. The van der Waals surface area contributed by atoms with E-state index in [1.54, 1.807) is 6.07 Å². The summed E-state index contributed by atoms with van der Waals surface area (Å²) in [5.41, 5.74) is 1.62. The van der Waals surface area contributed by atoms with Gasteiger partial charge in [0.05, 0.1) is 0 Å². The Bertz CT molecular complexity index is 382. The summed E-state index contributed by atoms with van der Waals surface area (Å²) >= 11 is 0. The summed E-state index contributed by atoms with van der Waals surface area (Å²) in [5, 5.41) is 5.96. The van der Waals surface area contributed by atoms with Crippen molar-refractivity contribution in [3.8, 4) is 0 Å². The molecule has 1 aromatic heterocycles. The molecule has 0 atom stereocenters. The second kappa shape index (κ2) is 8.51. The van der Waals surface area contributed by atoms with Crippen LogP contribution in [0.4, 0.5) is 5.82 Å². The van der Waals surface area contributed by atoms with E-state index in [0.29, 0.717) is 5.56 Å². The molecule has 1 heterocycles. The number of pyridine rings is 1. The van der Waals surface area contributed by atoms with Gasteiger partial charge in [-0.1, -0.05) is 33.1 Å². The first-order chi connectivity index (χ1) is 9.21. The van der Waals surface area contributed by atoms with Gasteiger partial charge in [0, 0.05) is 24.8 Å². The fraction of sp³-hybridized carbons (Fsp3) is 0.600. The van der Waals surface area contributed by atoms with Gasteiger partial charge in [0.2, 0.25) is 0 Å². The minimum absolute atomic E-state index is 0.00917. The van der Waals surface area contributed by atoms with E-state index in [2.05, 4.69) is 22.5 Å². The molecule has 0 aromatic carbocycles. The van der Waals surface area contributed by atoms with Crippen LogP contribution in [-0.4, -0.2) is 24.5 Å². The van der Waals surface area contributed by atoms with E-state index in [4.69, 9.17) is 0 Å². The van der Waals surface area contributed by atoms with Crippen LogP contribution in [0.3, 0.4) is 0 Å². The third kappa shape index (κ3) is 5.28. The van der Waals surface area contributed by atoms with Gasteiger partial charge in [0.15, 0.2) is 0 Å². The number of rotatable bonds is 8. The number of carbonyl (C=O) groups excluding carboxylic acids is 1. The van der Waals surface area contributed by atoms with E-state index in [0.717, 1.165) is 30.9 Å². The van der Waals surface area contributed by atoms with Gasteiger partial charge in [0.25, 0.3) is 5.91 Å². The van der Waals surface area contributed by atoms with Crippen molar-refractivity contribution in [3.05, 3.63) is 23.4 Å². The Morgan fingerprint density at radius 2 is 2.00 bits per heavy atom. The monoisotopic (exact) mass is 263 g/mol. The lowest BCUT2D eigenvalue weighted by Crippen LogP contribution is -2.24. The zero-order valence-corrected chi connectivity index (χ0v) is 12.3. The maximum Gasteiger partial charge on any atom is 0.251 e. The largest absolute Gasteiger partial charge is 0.373 e. The Morgan fingerprint density at radius 1 is 1.21 bits per heavy atom. The Kier molecular flexibility index (Phi) is 6.93. The number of hydrogen-bond donors (Lipinski definition) is 2. The quantitative estimate of drug-likeness (QED) is 0.709. The summed E-state index contributed by atoms with van der Waals surface area (Å²) in [6.07, 6.45) is 5.49. The lowest BCUT2D eigenvalue weighted by molar-refractivity contribution is 0.0953. The molecule has 4 nitrogen and oxygen atoms in total. The van der Waals surface area contributed by atoms with Crippen LogP contribution in [-0.2, 0) is 6.42 Å². The molecule has 0 aliphatic rings. The molecular formula is C15H25N3O. The minimum Gasteiger partial charge on any atom is -0.373 e. The van der Waals surface area contributed by atoms with Gasteiger partial charge in [0.1, 0.15) is 5.82 Å². The first-order valence-electron chi connectivity index (χ1n) is 7.18. The molecule has 106 valence electrons. The molecule has 0 radical (unpaired) electrons. The topological polar surface area (TPSA) is 54.0 Å². The second-order valence-electron chi connectivity index (χ2n) is 4.65. The lowest BCUT2D eigenvalue weighted by atomic mass is 10.1. The van der Waals surface area contributed by atoms with Crippen LogP contribution in [0.25, 0.3) is 0 Å². The van der Waals surface area contributed by atoms with Gasteiger partial charge in [-0.2, -0.15) is 0 Å². The second-order valence-corrected chi connectivity index (χ2v) is 4.65. The number of aromatic nitrogens is 1. The fourth-order valence-electron chi connectivity index (χ4n) is 1.88. The van der Waals surface area contributed by atoms with Gasteiger partial charge in [-0.05, 0) is 25.0 Å². The predicted octanol–water partition coefficient (Wildman–Crippen LogP) is 3.00. The van der Waals surface area contributed by atoms with E-state index in [9.17, 15) is 4.79 Å². The summed E-state index contributed by atoms with van der Waals surface area (Å²) in [6, 6.07) is 3.66. The summed E-state index contributed by atoms with van der Waals surface area (Å²) in [4.78, 5) is 16.4. The Hall–Kier alpha value is -1.58. The highest BCUT2D eigenvalue weighted by atomic mass is 16.1. The van der Waals surface area contributed by atoms with Gasteiger partial charge in [-0.25, -0.2) is 4.98 Å². The van der Waals surface area contributed by atoms with Crippen molar-refractivity contribution in [3.63, 3.8) is 0 Å². The summed E-state index contributed by atoms with van der Waals surface area (Å²) in [6.45, 7) is 4.97. The molecule has 1 amide bonds. The molecular weight excluding hydrogens is 238 g/mol. The maximum absolute atomic E-state index is 12.0. The predicted molar refractivity (Wildman–Crippen MR) is 79.6 cm³/mol. The van der Waals surface area contributed by atoms with E-state index >= 15 is 0 Å². The molecule has 0 unspecified atom stereocenters. The molecule has 2 N–H and O–H groups in total. The first kappa shape index (κ1) is 15.5. The molecule has 0 saturated heterocycles. The van der Waals surface area contributed by atoms with Crippen LogP contribution >= 0.6 is 0 Å². The molecule has 0 saturated carbocycles. The highest BCUT2D eigenvalue weighted by Crippen LogP contribution is 2.11. The van der Waals surface area contributed by atoms with Crippen LogP contribution in [0, 0.1) is 0 Å². The minimum atomic E-state index is -0.00917. The average molecular weight is 263 g/mol. The molecule has 0 fully saturated rings. The molecule has 1 rings (SSSR count). The SMILES string of the molecule is CCCCCCNC(=O)c1cc(CC)nc(NC)c1. The third-order valence-electron chi connectivity index (χ3n) is 3.07. The summed E-state index contributed by atoms with van der Waals surface area (Å²) in [7, 11) is 1.81.